The number of hydrogen-bond acceptors (Lipinski definition) is 2. The van der Waals surface area contributed by atoms with Crippen molar-refractivity contribution in [3.05, 3.63) is 28.2 Å². The normalized spacial score (nSPS) is 12.7. The summed E-state index contributed by atoms with van der Waals surface area (Å²) in [6.45, 7) is 4.85. The molecule has 1 rings (SSSR count). The van der Waals surface area contributed by atoms with Gasteiger partial charge in [-0.15, -0.1) is 0 Å². The van der Waals surface area contributed by atoms with Gasteiger partial charge in [0, 0.05) is 4.47 Å². The number of amides is 2. The predicted molar refractivity (Wildman–Crippen MR) is 77.1 cm³/mol. The zero-order valence-electron chi connectivity index (χ0n) is 11.6. The van der Waals surface area contributed by atoms with Gasteiger partial charge in [-0.2, -0.15) is 0 Å². The van der Waals surface area contributed by atoms with Gasteiger partial charge in [-0.25, -0.2) is 18.4 Å². The Morgan fingerprint density at radius 2 is 1.71 bits per heavy atom. The zero-order chi connectivity index (χ0) is 16.4. The van der Waals surface area contributed by atoms with Gasteiger partial charge in [-0.1, -0.05) is 36.7 Å². The van der Waals surface area contributed by atoms with Crippen LogP contribution in [0.15, 0.2) is 16.6 Å². The summed E-state index contributed by atoms with van der Waals surface area (Å²) in [5.74, 6) is -3.19. The SMILES string of the molecule is CC(C)(C)C(NC(=O)Nc1c(F)cc(Br)cc1F)C(=O)O. The first kappa shape index (κ1) is 17.4. The first-order valence-electron chi connectivity index (χ1n) is 5.97. The molecule has 0 fully saturated rings. The minimum atomic E-state index is -1.24. The fourth-order valence-corrected chi connectivity index (χ4v) is 1.99. The smallest absolute Gasteiger partial charge is 0.326 e. The summed E-state index contributed by atoms with van der Waals surface area (Å²) < 4.78 is 27.3. The zero-order valence-corrected chi connectivity index (χ0v) is 13.2. The third-order valence-corrected chi connectivity index (χ3v) is 3.09. The van der Waals surface area contributed by atoms with E-state index in [0.29, 0.717) is 0 Å². The maximum atomic E-state index is 13.6. The van der Waals surface area contributed by atoms with E-state index < -0.39 is 40.8 Å². The number of anilines is 1. The monoisotopic (exact) mass is 364 g/mol. The number of aliphatic carboxylic acids is 1. The fraction of sp³-hybridized carbons (Fsp3) is 0.385. The molecule has 0 aliphatic heterocycles. The lowest BCUT2D eigenvalue weighted by atomic mass is 9.87. The Morgan fingerprint density at radius 3 is 2.10 bits per heavy atom. The van der Waals surface area contributed by atoms with Crippen LogP contribution in [0.5, 0.6) is 0 Å². The van der Waals surface area contributed by atoms with Gasteiger partial charge in [0.2, 0.25) is 0 Å². The van der Waals surface area contributed by atoms with Crippen molar-refractivity contribution in [3.63, 3.8) is 0 Å². The summed E-state index contributed by atoms with van der Waals surface area (Å²) in [7, 11) is 0. The number of benzene rings is 1. The molecule has 0 aliphatic carbocycles. The molecule has 0 aliphatic rings. The number of hydrogen-bond donors (Lipinski definition) is 3. The first-order chi connectivity index (χ1) is 9.52. The van der Waals surface area contributed by atoms with Gasteiger partial charge >= 0.3 is 12.0 Å². The van der Waals surface area contributed by atoms with E-state index in [1.165, 1.54) is 0 Å². The maximum Gasteiger partial charge on any atom is 0.326 e. The molecule has 5 nitrogen and oxygen atoms in total. The summed E-state index contributed by atoms with van der Waals surface area (Å²) in [6, 6.07) is -0.245. The highest BCUT2D eigenvalue weighted by Gasteiger charge is 2.32. The third-order valence-electron chi connectivity index (χ3n) is 2.63. The Kier molecular flexibility index (Phi) is 5.27. The molecular weight excluding hydrogens is 350 g/mol. The molecule has 8 heteroatoms. The number of rotatable bonds is 3. The van der Waals surface area contributed by atoms with E-state index in [1.807, 2.05) is 5.32 Å². The Morgan fingerprint density at radius 1 is 1.24 bits per heavy atom. The van der Waals surface area contributed by atoms with Gasteiger partial charge in [0.25, 0.3) is 0 Å². The largest absolute Gasteiger partial charge is 0.480 e. The number of carbonyl (C=O) groups excluding carboxylic acids is 1. The highest BCUT2D eigenvalue weighted by Crippen LogP contribution is 2.24. The summed E-state index contributed by atoms with van der Waals surface area (Å²) in [4.78, 5) is 22.8. The molecule has 1 aromatic carbocycles. The Hall–Kier alpha value is -1.70. The highest BCUT2D eigenvalue weighted by molar-refractivity contribution is 9.10. The quantitative estimate of drug-likeness (QED) is 0.769. The molecule has 0 aromatic heterocycles. The maximum absolute atomic E-state index is 13.6. The van der Waals surface area contributed by atoms with Crippen molar-refractivity contribution >= 4 is 33.6 Å². The van der Waals surface area contributed by atoms with Gasteiger partial charge in [-0.3, -0.25) is 0 Å². The number of carboxylic acid groups (broad SMARTS) is 1. The van der Waals surface area contributed by atoms with Crippen LogP contribution in [0.2, 0.25) is 0 Å². The van der Waals surface area contributed by atoms with Crippen LogP contribution in [-0.4, -0.2) is 23.1 Å². The summed E-state index contributed by atoms with van der Waals surface area (Å²) in [5.41, 5.74) is -1.41. The first-order valence-corrected chi connectivity index (χ1v) is 6.76. The van der Waals surface area contributed by atoms with E-state index in [0.717, 1.165) is 12.1 Å². The van der Waals surface area contributed by atoms with E-state index in [9.17, 15) is 18.4 Å². The number of urea groups is 1. The Balaban J connectivity index is 2.90. The molecule has 0 heterocycles. The van der Waals surface area contributed by atoms with E-state index in [1.54, 1.807) is 20.8 Å². The molecule has 2 amide bonds. The minimum Gasteiger partial charge on any atom is -0.480 e. The van der Waals surface area contributed by atoms with Gasteiger partial charge in [0.1, 0.15) is 11.7 Å². The summed E-state index contributed by atoms with van der Waals surface area (Å²) in [6.07, 6.45) is 0. The number of carboxylic acids is 1. The molecule has 0 spiro atoms. The lowest BCUT2D eigenvalue weighted by Gasteiger charge is -2.27. The molecule has 116 valence electrons. The van der Waals surface area contributed by atoms with Gasteiger partial charge in [0.05, 0.1) is 0 Å². The van der Waals surface area contributed by atoms with Crippen LogP contribution >= 0.6 is 15.9 Å². The second-order valence-corrected chi connectivity index (χ2v) is 6.40. The number of halogens is 3. The van der Waals surface area contributed by atoms with Gasteiger partial charge in [0.15, 0.2) is 11.6 Å². The molecule has 1 atom stereocenters. The predicted octanol–water partition coefficient (Wildman–Crippen LogP) is 3.35. The van der Waals surface area contributed by atoms with Crippen molar-refractivity contribution in [2.24, 2.45) is 5.41 Å². The number of carbonyl (C=O) groups is 2. The van der Waals surface area contributed by atoms with Crippen molar-refractivity contribution < 1.29 is 23.5 Å². The van der Waals surface area contributed by atoms with E-state index in [2.05, 4.69) is 21.2 Å². The summed E-state index contributed by atoms with van der Waals surface area (Å²) in [5, 5.41) is 13.2. The van der Waals surface area contributed by atoms with Crippen LogP contribution in [-0.2, 0) is 4.79 Å². The molecule has 1 unspecified atom stereocenters. The fourth-order valence-electron chi connectivity index (χ4n) is 1.59. The molecule has 1 aromatic rings. The second kappa shape index (κ2) is 6.38. The van der Waals surface area contributed by atoms with Crippen LogP contribution in [0, 0.1) is 17.0 Å². The summed E-state index contributed by atoms with van der Waals surface area (Å²) >= 11 is 2.91. The van der Waals surface area contributed by atoms with Crippen molar-refractivity contribution in [2.45, 2.75) is 26.8 Å². The molecule has 0 saturated carbocycles. The molecule has 21 heavy (non-hydrogen) atoms. The van der Waals surface area contributed by atoms with Gasteiger partial charge in [-0.05, 0) is 17.5 Å². The van der Waals surface area contributed by atoms with Crippen LogP contribution in [0.25, 0.3) is 0 Å². The molecule has 0 bridgehead atoms. The average Bonchev–Trinajstić information content (AvgIpc) is 2.28. The van der Waals surface area contributed by atoms with Crippen LogP contribution < -0.4 is 10.6 Å². The average molecular weight is 365 g/mol. The van der Waals surface area contributed by atoms with Crippen molar-refractivity contribution in [3.8, 4) is 0 Å². The lowest BCUT2D eigenvalue weighted by molar-refractivity contribution is -0.141. The number of nitrogens with one attached hydrogen (secondary N) is 2. The molecule has 0 saturated heterocycles. The topological polar surface area (TPSA) is 78.4 Å². The Labute approximate surface area is 128 Å². The van der Waals surface area contributed by atoms with Crippen molar-refractivity contribution in [1.82, 2.24) is 5.32 Å². The lowest BCUT2D eigenvalue weighted by Crippen LogP contribution is -2.50. The standard InChI is InChI=1S/C13H15BrF2N2O3/c1-13(2,3)10(11(19)20)18-12(21)17-9-7(15)4-6(14)5-8(9)16/h4-5,10H,1-3H3,(H,19,20)(H2,17,18,21). The van der Waals surface area contributed by atoms with E-state index in [-0.39, 0.29) is 4.47 Å². The highest BCUT2D eigenvalue weighted by atomic mass is 79.9. The molecule has 3 N–H and O–H groups in total. The second-order valence-electron chi connectivity index (χ2n) is 5.48. The molecular formula is C13H15BrF2N2O3. The minimum absolute atomic E-state index is 0.182. The van der Waals surface area contributed by atoms with Crippen molar-refractivity contribution in [2.75, 3.05) is 5.32 Å². The third kappa shape index (κ3) is 4.66. The van der Waals surface area contributed by atoms with Crippen LogP contribution in [0.3, 0.4) is 0 Å². The van der Waals surface area contributed by atoms with Gasteiger partial charge < -0.3 is 15.7 Å². The van der Waals surface area contributed by atoms with E-state index in [4.69, 9.17) is 5.11 Å². The Bertz CT molecular complexity index is 550. The van der Waals surface area contributed by atoms with Crippen molar-refractivity contribution in [1.29, 1.82) is 0 Å². The van der Waals surface area contributed by atoms with Crippen LogP contribution in [0.1, 0.15) is 20.8 Å². The van der Waals surface area contributed by atoms with E-state index >= 15 is 0 Å². The van der Waals surface area contributed by atoms with Crippen LogP contribution in [0.4, 0.5) is 19.3 Å². The molecule has 0 radical (unpaired) electrons.